The molecule has 1 aliphatic rings. The molecule has 0 aromatic heterocycles. The van der Waals surface area contributed by atoms with E-state index in [1.807, 2.05) is 49.4 Å². The van der Waals surface area contributed by atoms with Crippen LogP contribution in [0.15, 0.2) is 53.5 Å². The van der Waals surface area contributed by atoms with Crippen molar-refractivity contribution in [1.29, 1.82) is 0 Å². The zero-order valence-electron chi connectivity index (χ0n) is 16.6. The second-order valence-corrected chi connectivity index (χ2v) is 6.44. The number of fused-ring (bicyclic) bond motifs is 1. The highest BCUT2D eigenvalue weighted by molar-refractivity contribution is 14.0. The molecule has 0 fully saturated rings. The number of nitrogens with one attached hydrogen (secondary N) is 3. The molecule has 8 heteroatoms. The Labute approximate surface area is 188 Å². The highest BCUT2D eigenvalue weighted by Crippen LogP contribution is 2.27. The highest BCUT2D eigenvalue weighted by Gasteiger charge is 2.22. The summed E-state index contributed by atoms with van der Waals surface area (Å²) in [7, 11) is 1.34. The van der Waals surface area contributed by atoms with Crippen LogP contribution in [0, 0.1) is 0 Å². The van der Waals surface area contributed by atoms with Gasteiger partial charge in [0.15, 0.2) is 5.96 Å². The Bertz CT molecular complexity index is 802. The molecule has 3 N–H and O–H groups in total. The van der Waals surface area contributed by atoms with Gasteiger partial charge in [-0.3, -0.25) is 5.32 Å². The molecule has 0 radical (unpaired) electrons. The number of rotatable bonds is 6. The molecule has 3 rings (SSSR count). The van der Waals surface area contributed by atoms with E-state index >= 15 is 0 Å². The molecule has 0 saturated carbocycles. The lowest BCUT2D eigenvalue weighted by Crippen LogP contribution is -2.42. The summed E-state index contributed by atoms with van der Waals surface area (Å²) < 4.78 is 10.5. The average molecular weight is 510 g/mol. The molecule has 1 atom stereocenters. The zero-order valence-corrected chi connectivity index (χ0v) is 18.9. The minimum Gasteiger partial charge on any atom is -0.488 e. The summed E-state index contributed by atoms with van der Waals surface area (Å²) in [6, 6.07) is 15.6. The van der Waals surface area contributed by atoms with Crippen LogP contribution >= 0.6 is 24.0 Å². The minimum atomic E-state index is -0.485. The molecule has 0 saturated heterocycles. The van der Waals surface area contributed by atoms with Crippen molar-refractivity contribution in [2.45, 2.75) is 26.0 Å². The lowest BCUT2D eigenvalue weighted by molar-refractivity contribution is 0.187. The second kappa shape index (κ2) is 11.5. The van der Waals surface area contributed by atoms with Gasteiger partial charge in [0.25, 0.3) is 0 Å². The predicted octanol–water partition coefficient (Wildman–Crippen LogP) is 3.54. The first-order chi connectivity index (χ1) is 13.7. The van der Waals surface area contributed by atoms with Gasteiger partial charge in [-0.2, -0.15) is 0 Å². The van der Waals surface area contributed by atoms with Crippen LogP contribution in [0.25, 0.3) is 0 Å². The van der Waals surface area contributed by atoms with Crippen LogP contribution in [-0.4, -0.2) is 38.4 Å². The molecule has 1 amide bonds. The van der Waals surface area contributed by atoms with Gasteiger partial charge in [0, 0.05) is 18.7 Å². The Morgan fingerprint density at radius 2 is 1.93 bits per heavy atom. The monoisotopic (exact) mass is 510 g/mol. The molecule has 0 spiro atoms. The fraction of sp³-hybridized carbons (Fsp3) is 0.333. The maximum Gasteiger partial charge on any atom is 0.411 e. The van der Waals surface area contributed by atoms with Gasteiger partial charge < -0.3 is 20.1 Å². The first kappa shape index (κ1) is 22.8. The van der Waals surface area contributed by atoms with E-state index in [2.05, 4.69) is 31.7 Å². The number of guanidine groups is 1. The Morgan fingerprint density at radius 3 is 2.62 bits per heavy atom. The molecule has 0 bridgehead atoms. The van der Waals surface area contributed by atoms with Gasteiger partial charge >= 0.3 is 6.09 Å². The number of ether oxygens (including phenoxy) is 2. The van der Waals surface area contributed by atoms with Gasteiger partial charge in [-0.1, -0.05) is 30.3 Å². The fourth-order valence-electron chi connectivity index (χ4n) is 2.95. The number of methoxy groups -OCH3 is 1. The van der Waals surface area contributed by atoms with Crippen molar-refractivity contribution >= 4 is 41.7 Å². The molecular weight excluding hydrogens is 483 g/mol. The average Bonchev–Trinajstić information content (AvgIpc) is 3.14. The SMILES string of the molecule is CCNC(=NCc1ccc(NC(=O)OC)cc1)NCC1Cc2ccccc2O1.I. The van der Waals surface area contributed by atoms with Crippen molar-refractivity contribution < 1.29 is 14.3 Å². The van der Waals surface area contributed by atoms with Gasteiger partial charge in [0.2, 0.25) is 0 Å². The molecule has 2 aromatic rings. The molecule has 1 unspecified atom stereocenters. The largest absolute Gasteiger partial charge is 0.488 e. The molecular formula is C21H27IN4O3. The number of hydrogen-bond donors (Lipinski definition) is 3. The summed E-state index contributed by atoms with van der Waals surface area (Å²) in [5.41, 5.74) is 2.97. The summed E-state index contributed by atoms with van der Waals surface area (Å²) in [4.78, 5) is 15.9. The van der Waals surface area contributed by atoms with Gasteiger partial charge in [0.05, 0.1) is 20.2 Å². The maximum atomic E-state index is 11.2. The lowest BCUT2D eigenvalue weighted by Gasteiger charge is -2.15. The quantitative estimate of drug-likeness (QED) is 0.315. The van der Waals surface area contributed by atoms with Crippen LogP contribution in [-0.2, 0) is 17.7 Å². The Hall–Kier alpha value is -2.49. The maximum absolute atomic E-state index is 11.2. The first-order valence-corrected chi connectivity index (χ1v) is 9.38. The summed E-state index contributed by atoms with van der Waals surface area (Å²) in [5, 5.41) is 9.23. The summed E-state index contributed by atoms with van der Waals surface area (Å²) in [6.07, 6.45) is 0.516. The third-order valence-corrected chi connectivity index (χ3v) is 4.36. The number of carbonyl (C=O) groups is 1. The molecule has 1 aliphatic heterocycles. The van der Waals surface area contributed by atoms with Gasteiger partial charge in [-0.15, -0.1) is 24.0 Å². The number of benzene rings is 2. The molecule has 156 valence electrons. The number of nitrogens with zero attached hydrogens (tertiary/aromatic N) is 1. The van der Waals surface area contributed by atoms with Crippen molar-refractivity contribution in [3.05, 3.63) is 59.7 Å². The van der Waals surface area contributed by atoms with E-state index in [0.717, 1.165) is 30.2 Å². The number of amides is 1. The number of para-hydroxylation sites is 1. The third-order valence-electron chi connectivity index (χ3n) is 4.36. The normalized spacial score (nSPS) is 14.8. The number of aliphatic imine (C=N–C) groups is 1. The number of hydrogen-bond acceptors (Lipinski definition) is 4. The van der Waals surface area contributed by atoms with Gasteiger partial charge in [0.1, 0.15) is 11.9 Å². The van der Waals surface area contributed by atoms with E-state index in [9.17, 15) is 4.79 Å². The van der Waals surface area contributed by atoms with E-state index in [-0.39, 0.29) is 30.1 Å². The van der Waals surface area contributed by atoms with E-state index in [0.29, 0.717) is 18.8 Å². The van der Waals surface area contributed by atoms with Crippen LogP contribution in [0.1, 0.15) is 18.1 Å². The standard InChI is InChI=1S/C21H26N4O3.HI/c1-3-22-20(24-14-18-12-16-6-4-5-7-19(16)28-18)23-13-15-8-10-17(11-9-15)25-21(26)27-2;/h4-11,18H,3,12-14H2,1-2H3,(H,25,26)(H2,22,23,24);1H. The third kappa shape index (κ3) is 6.81. The Kier molecular flexibility index (Phi) is 9.04. The van der Waals surface area contributed by atoms with Crippen LogP contribution in [0.2, 0.25) is 0 Å². The molecule has 2 aromatic carbocycles. The van der Waals surface area contributed by atoms with Crippen LogP contribution < -0.4 is 20.7 Å². The van der Waals surface area contributed by atoms with E-state index < -0.39 is 6.09 Å². The fourth-order valence-corrected chi connectivity index (χ4v) is 2.95. The van der Waals surface area contributed by atoms with Crippen molar-refractivity contribution in [1.82, 2.24) is 10.6 Å². The summed E-state index contributed by atoms with van der Waals surface area (Å²) in [5.74, 6) is 1.72. The highest BCUT2D eigenvalue weighted by atomic mass is 127. The number of halogens is 1. The van der Waals surface area contributed by atoms with Gasteiger partial charge in [-0.25, -0.2) is 9.79 Å². The second-order valence-electron chi connectivity index (χ2n) is 6.44. The topological polar surface area (TPSA) is 84.0 Å². The zero-order chi connectivity index (χ0) is 19.8. The van der Waals surface area contributed by atoms with Crippen molar-refractivity contribution in [3.63, 3.8) is 0 Å². The van der Waals surface area contributed by atoms with E-state index in [1.165, 1.54) is 12.7 Å². The van der Waals surface area contributed by atoms with Crippen LogP contribution in [0.4, 0.5) is 10.5 Å². The van der Waals surface area contributed by atoms with E-state index in [1.54, 1.807) is 0 Å². The predicted molar refractivity (Wildman–Crippen MR) is 125 cm³/mol. The number of anilines is 1. The Morgan fingerprint density at radius 1 is 1.17 bits per heavy atom. The lowest BCUT2D eigenvalue weighted by atomic mass is 10.1. The summed E-state index contributed by atoms with van der Waals surface area (Å²) >= 11 is 0. The molecule has 0 aliphatic carbocycles. The van der Waals surface area contributed by atoms with Crippen molar-refractivity contribution in [3.8, 4) is 5.75 Å². The Balaban J connectivity index is 0.00000300. The minimum absolute atomic E-state index is 0. The smallest absolute Gasteiger partial charge is 0.411 e. The van der Waals surface area contributed by atoms with Crippen molar-refractivity contribution in [2.24, 2.45) is 4.99 Å². The molecule has 29 heavy (non-hydrogen) atoms. The van der Waals surface area contributed by atoms with Gasteiger partial charge in [-0.05, 0) is 36.2 Å². The van der Waals surface area contributed by atoms with Crippen molar-refractivity contribution in [2.75, 3.05) is 25.5 Å². The first-order valence-electron chi connectivity index (χ1n) is 9.38. The number of carbonyl (C=O) groups excluding carboxylic acids is 1. The summed E-state index contributed by atoms with van der Waals surface area (Å²) in [6.45, 7) is 4.02. The molecule has 7 nitrogen and oxygen atoms in total. The molecule has 1 heterocycles. The van der Waals surface area contributed by atoms with E-state index in [4.69, 9.17) is 4.74 Å². The van der Waals surface area contributed by atoms with Crippen LogP contribution in [0.5, 0.6) is 5.75 Å². The van der Waals surface area contributed by atoms with Crippen LogP contribution in [0.3, 0.4) is 0 Å².